The zero-order valence-corrected chi connectivity index (χ0v) is 4.22. The Bertz CT molecular complexity index is 6.00. The molecule has 0 aromatic rings. The van der Waals surface area contributed by atoms with Gasteiger partial charge in [0.05, 0.1) is 0 Å². The van der Waals surface area contributed by atoms with Crippen LogP contribution in [0.1, 0.15) is 0 Å². The summed E-state index contributed by atoms with van der Waals surface area (Å²) in [6, 6.07) is 0. The molecule has 4 heavy (non-hydrogen) atoms. The van der Waals surface area contributed by atoms with Crippen molar-refractivity contribution in [2.75, 3.05) is 12.5 Å². The van der Waals surface area contributed by atoms with E-state index in [1.807, 2.05) is 12.5 Å². The van der Waals surface area contributed by atoms with Crippen molar-refractivity contribution in [2.45, 2.75) is 0 Å². The van der Waals surface area contributed by atoms with E-state index in [1.54, 1.807) is 11.8 Å². The molecule has 0 saturated carbocycles. The first-order valence-corrected chi connectivity index (χ1v) is 2.45. The summed E-state index contributed by atoms with van der Waals surface area (Å²) in [5.41, 5.74) is 0. The molecule has 0 aliphatic heterocycles. The molecule has 0 atom stereocenters. The van der Waals surface area contributed by atoms with Crippen LogP contribution in [0.5, 0.6) is 0 Å². The Morgan fingerprint density at radius 2 is 1.25 bits per heavy atom. The van der Waals surface area contributed by atoms with Crippen molar-refractivity contribution in [1.29, 1.82) is 0 Å². The van der Waals surface area contributed by atoms with Gasteiger partial charge in [0, 0.05) is 0 Å². The van der Waals surface area contributed by atoms with E-state index in [9.17, 15) is 0 Å². The first-order valence-electron chi connectivity index (χ1n) is 0.816. The van der Waals surface area contributed by atoms with Crippen LogP contribution in [0.3, 0.4) is 0 Å². The Morgan fingerprint density at radius 3 is 1.25 bits per heavy atom. The van der Waals surface area contributed by atoms with E-state index in [1.165, 1.54) is 0 Å². The van der Waals surface area contributed by atoms with Gasteiger partial charge in [-0.3, -0.25) is 0 Å². The Kier molecular flexibility index (Phi) is 20.1. The second-order valence-electron chi connectivity index (χ2n) is 0.408. The van der Waals surface area contributed by atoms with Crippen molar-refractivity contribution in [3.63, 3.8) is 0 Å². The minimum absolute atomic E-state index is 0. The van der Waals surface area contributed by atoms with Crippen LogP contribution < -0.4 is 18.9 Å². The fourth-order valence-electron chi connectivity index (χ4n) is 0. The molecule has 20 valence electrons. The summed E-state index contributed by atoms with van der Waals surface area (Å²) in [4.78, 5) is 0. The van der Waals surface area contributed by atoms with Gasteiger partial charge in [-0.2, -0.15) is 11.8 Å². The van der Waals surface area contributed by atoms with E-state index >= 15 is 0 Å². The van der Waals surface area contributed by atoms with Gasteiger partial charge in [-0.1, -0.05) is 0 Å². The van der Waals surface area contributed by atoms with Crippen LogP contribution in [0.4, 0.5) is 0 Å². The second-order valence-corrected chi connectivity index (χ2v) is 1.22. The van der Waals surface area contributed by atoms with E-state index in [4.69, 9.17) is 0 Å². The van der Waals surface area contributed by atoms with Gasteiger partial charge >= 0.3 is 18.9 Å². The molecule has 0 radical (unpaired) electrons. The van der Waals surface area contributed by atoms with Gasteiger partial charge in [0.15, 0.2) is 0 Å². The molecule has 0 bridgehead atoms. The van der Waals surface area contributed by atoms with Crippen molar-refractivity contribution in [3.05, 3.63) is 0 Å². The first-order chi connectivity index (χ1) is 1.41. The molecule has 0 rings (SSSR count). The third-order valence-electron chi connectivity index (χ3n) is 0. The molecule has 0 fully saturated rings. The van der Waals surface area contributed by atoms with Crippen LogP contribution in [0.15, 0.2) is 0 Å². The van der Waals surface area contributed by atoms with Crippen LogP contribution in [0.2, 0.25) is 0 Å². The van der Waals surface area contributed by atoms with Gasteiger partial charge in [-0.15, -0.1) is 0 Å². The summed E-state index contributed by atoms with van der Waals surface area (Å²) >= 11 is 1.75. The van der Waals surface area contributed by atoms with Crippen molar-refractivity contribution in [3.8, 4) is 0 Å². The third-order valence-corrected chi connectivity index (χ3v) is 0. The molecule has 0 aliphatic rings. The largest absolute Gasteiger partial charge is 1.00 e. The molecule has 0 unspecified atom stereocenters. The summed E-state index contributed by atoms with van der Waals surface area (Å²) in [7, 11) is 0. The summed E-state index contributed by atoms with van der Waals surface area (Å²) in [5.74, 6) is 0. The number of rotatable bonds is 0. The molecule has 2 heteroatoms. The normalized spacial score (nSPS) is 4.50. The third kappa shape index (κ3) is 12.5. The maximum absolute atomic E-state index is 2.04. The first kappa shape index (κ1) is 8.87. The molecule has 0 amide bonds. The second kappa shape index (κ2) is 9.04. The van der Waals surface area contributed by atoms with Gasteiger partial charge in [0.1, 0.15) is 0 Å². The minimum atomic E-state index is 0. The minimum Gasteiger partial charge on any atom is -0.169 e. The number of thioether (sulfide) groups is 1. The van der Waals surface area contributed by atoms with E-state index in [0.29, 0.717) is 0 Å². The molecule has 0 spiro atoms. The molecule has 0 aromatic carbocycles. The van der Waals surface area contributed by atoms with Gasteiger partial charge in [-0.05, 0) is 12.5 Å². The topological polar surface area (TPSA) is 0 Å². The SMILES string of the molecule is CSC.[Li+]. The van der Waals surface area contributed by atoms with Crippen molar-refractivity contribution in [2.24, 2.45) is 0 Å². The summed E-state index contributed by atoms with van der Waals surface area (Å²) in [6.45, 7) is 0. The quantitative estimate of drug-likeness (QED) is 0.296. The number of hydrogen-bond acceptors (Lipinski definition) is 1. The fourth-order valence-corrected chi connectivity index (χ4v) is 0. The summed E-state index contributed by atoms with van der Waals surface area (Å²) < 4.78 is 0. The van der Waals surface area contributed by atoms with Crippen LogP contribution in [-0.4, -0.2) is 12.5 Å². The zero-order valence-electron chi connectivity index (χ0n) is 3.41. The van der Waals surface area contributed by atoms with Gasteiger partial charge in [0.25, 0.3) is 0 Å². The van der Waals surface area contributed by atoms with E-state index in [0.717, 1.165) is 0 Å². The summed E-state index contributed by atoms with van der Waals surface area (Å²) in [5, 5.41) is 0. The van der Waals surface area contributed by atoms with Crippen molar-refractivity contribution < 1.29 is 18.9 Å². The van der Waals surface area contributed by atoms with Crippen LogP contribution >= 0.6 is 11.8 Å². The van der Waals surface area contributed by atoms with Gasteiger partial charge in [-0.25, -0.2) is 0 Å². The van der Waals surface area contributed by atoms with Gasteiger partial charge < -0.3 is 0 Å². The van der Waals surface area contributed by atoms with E-state index in [2.05, 4.69) is 0 Å². The Labute approximate surface area is 43.5 Å². The number of hydrogen-bond donors (Lipinski definition) is 0. The predicted octanol–water partition coefficient (Wildman–Crippen LogP) is -2.02. The molecular weight excluding hydrogens is 63.0 g/mol. The van der Waals surface area contributed by atoms with E-state index < -0.39 is 0 Å². The molecule has 0 N–H and O–H groups in total. The predicted molar refractivity (Wildman–Crippen MR) is 19.4 cm³/mol. The van der Waals surface area contributed by atoms with E-state index in [-0.39, 0.29) is 18.9 Å². The van der Waals surface area contributed by atoms with Crippen LogP contribution in [-0.2, 0) is 0 Å². The fraction of sp³-hybridized carbons (Fsp3) is 1.00. The van der Waals surface area contributed by atoms with Crippen molar-refractivity contribution >= 4 is 11.8 Å². The maximum Gasteiger partial charge on any atom is 1.00 e. The van der Waals surface area contributed by atoms with Gasteiger partial charge in [0.2, 0.25) is 0 Å². The summed E-state index contributed by atoms with van der Waals surface area (Å²) in [6.07, 6.45) is 4.08. The Hall–Kier alpha value is 0.947. The average molecular weight is 69.1 g/mol. The molecule has 0 nitrogen and oxygen atoms in total. The molecule has 0 saturated heterocycles. The maximum atomic E-state index is 2.04. The molecule has 0 heterocycles. The zero-order chi connectivity index (χ0) is 2.71. The molecule has 0 aromatic heterocycles. The Balaban J connectivity index is 0. The van der Waals surface area contributed by atoms with Crippen LogP contribution in [0.25, 0.3) is 0 Å². The Morgan fingerprint density at radius 1 is 1.25 bits per heavy atom. The monoisotopic (exact) mass is 69.0 g/mol. The van der Waals surface area contributed by atoms with Crippen LogP contribution in [0, 0.1) is 0 Å². The standard InChI is InChI=1S/C2H6S.Li/c1-3-2;/h1-2H3;/q;+1. The molecular formula is C2H6LiS+. The molecule has 0 aliphatic carbocycles. The average Bonchev–Trinajstić information content (AvgIpc) is 0.918. The van der Waals surface area contributed by atoms with Crippen molar-refractivity contribution in [1.82, 2.24) is 0 Å². The smallest absolute Gasteiger partial charge is 0.169 e.